The number of hydrogen-bond donors (Lipinski definition) is 0. The molecule has 1 nitrogen and oxygen atoms in total. The monoisotopic (exact) mass is 283 g/mol. The van der Waals surface area contributed by atoms with E-state index in [1.54, 1.807) is 0 Å². The van der Waals surface area contributed by atoms with Gasteiger partial charge in [-0.2, -0.15) is 5.26 Å². The summed E-state index contributed by atoms with van der Waals surface area (Å²) in [5, 5.41) is 14.8. The van der Waals surface area contributed by atoms with Crippen molar-refractivity contribution in [1.29, 1.82) is 5.26 Å². The van der Waals surface area contributed by atoms with Gasteiger partial charge in [0.25, 0.3) is 0 Å². The summed E-state index contributed by atoms with van der Waals surface area (Å²) in [5.74, 6) is 0. The highest BCUT2D eigenvalue weighted by Crippen LogP contribution is 2.58. The van der Waals surface area contributed by atoms with E-state index in [0.717, 1.165) is 6.42 Å². The first-order chi connectivity index (χ1) is 10.7. The van der Waals surface area contributed by atoms with Crippen molar-refractivity contribution in [2.24, 2.45) is 0 Å². The molecule has 1 atom stereocenters. The molecule has 0 radical (unpaired) electrons. The van der Waals surface area contributed by atoms with Crippen LogP contribution < -0.4 is 0 Å². The van der Waals surface area contributed by atoms with Crippen LogP contribution in [0.2, 0.25) is 0 Å². The second-order valence-corrected chi connectivity index (χ2v) is 6.01. The standard InChI is InChI=1S/C21H17N/c1-3-19-14(2)21(19,13-22)20-17-10-6-4-8-15(17)12-16-9-5-7-11-18(16)20/h4-12H,3H2,1-2H3. The maximum Gasteiger partial charge on any atom is 0.126 e. The van der Waals surface area contributed by atoms with Gasteiger partial charge in [0, 0.05) is 0 Å². The molecule has 4 rings (SSSR count). The minimum Gasteiger partial charge on any atom is -0.197 e. The fraction of sp³-hybridized carbons (Fsp3) is 0.190. The van der Waals surface area contributed by atoms with Crippen LogP contribution in [0.4, 0.5) is 0 Å². The molecule has 0 aromatic heterocycles. The Morgan fingerprint density at radius 3 is 1.95 bits per heavy atom. The van der Waals surface area contributed by atoms with E-state index >= 15 is 0 Å². The first-order valence-electron chi connectivity index (χ1n) is 7.77. The maximum atomic E-state index is 10.0. The van der Waals surface area contributed by atoms with Gasteiger partial charge in [-0.05, 0) is 57.7 Å². The van der Waals surface area contributed by atoms with Crippen molar-refractivity contribution in [3.8, 4) is 6.07 Å². The van der Waals surface area contributed by atoms with E-state index < -0.39 is 5.41 Å². The Morgan fingerprint density at radius 2 is 1.50 bits per heavy atom. The van der Waals surface area contributed by atoms with Gasteiger partial charge in [0.05, 0.1) is 6.07 Å². The number of hydrogen-bond acceptors (Lipinski definition) is 1. The highest BCUT2D eigenvalue weighted by molar-refractivity contribution is 6.05. The quantitative estimate of drug-likeness (QED) is 0.450. The van der Waals surface area contributed by atoms with E-state index in [1.165, 1.54) is 38.3 Å². The highest BCUT2D eigenvalue weighted by atomic mass is 14.5. The van der Waals surface area contributed by atoms with Crippen molar-refractivity contribution in [3.63, 3.8) is 0 Å². The summed E-state index contributed by atoms with van der Waals surface area (Å²) in [5.41, 5.74) is 3.21. The van der Waals surface area contributed by atoms with E-state index in [-0.39, 0.29) is 0 Å². The molecule has 1 aliphatic rings. The normalized spacial score (nSPS) is 20.4. The molecule has 0 saturated carbocycles. The summed E-state index contributed by atoms with van der Waals surface area (Å²) in [7, 11) is 0. The van der Waals surface area contributed by atoms with Crippen LogP contribution in [0.25, 0.3) is 21.5 Å². The van der Waals surface area contributed by atoms with Crippen LogP contribution >= 0.6 is 0 Å². The summed E-state index contributed by atoms with van der Waals surface area (Å²) in [6, 6.07) is 21.7. The fourth-order valence-electron chi connectivity index (χ4n) is 3.96. The van der Waals surface area contributed by atoms with Gasteiger partial charge < -0.3 is 0 Å². The van der Waals surface area contributed by atoms with Gasteiger partial charge in [-0.15, -0.1) is 0 Å². The molecule has 1 unspecified atom stereocenters. The van der Waals surface area contributed by atoms with Crippen LogP contribution in [0, 0.1) is 11.3 Å². The third-order valence-electron chi connectivity index (χ3n) is 5.07. The third kappa shape index (κ3) is 1.47. The van der Waals surface area contributed by atoms with Crippen molar-refractivity contribution in [2.75, 3.05) is 0 Å². The van der Waals surface area contributed by atoms with Gasteiger partial charge in [-0.3, -0.25) is 0 Å². The Balaban J connectivity index is 2.18. The van der Waals surface area contributed by atoms with Gasteiger partial charge in [0.2, 0.25) is 0 Å². The minimum atomic E-state index is -0.491. The maximum absolute atomic E-state index is 10.0. The van der Waals surface area contributed by atoms with Crippen LogP contribution in [0.3, 0.4) is 0 Å². The van der Waals surface area contributed by atoms with Crippen LogP contribution in [-0.2, 0) is 5.41 Å². The molecule has 3 aromatic rings. The Hall–Kier alpha value is -2.59. The van der Waals surface area contributed by atoms with E-state index in [0.29, 0.717) is 0 Å². The van der Waals surface area contributed by atoms with E-state index in [2.05, 4.69) is 74.5 Å². The average molecular weight is 283 g/mol. The predicted molar refractivity (Wildman–Crippen MR) is 91.7 cm³/mol. The molecule has 0 spiro atoms. The summed E-state index contributed by atoms with van der Waals surface area (Å²) in [6.07, 6.45) is 0.941. The largest absolute Gasteiger partial charge is 0.197 e. The third-order valence-corrected chi connectivity index (χ3v) is 5.07. The zero-order valence-corrected chi connectivity index (χ0v) is 12.9. The van der Waals surface area contributed by atoms with E-state index in [1.807, 2.05) is 0 Å². The summed E-state index contributed by atoms with van der Waals surface area (Å²) >= 11 is 0. The molecule has 22 heavy (non-hydrogen) atoms. The summed E-state index contributed by atoms with van der Waals surface area (Å²) in [6.45, 7) is 4.25. The molecule has 0 fully saturated rings. The number of rotatable bonds is 2. The van der Waals surface area contributed by atoms with Gasteiger partial charge in [0.1, 0.15) is 5.41 Å². The zero-order chi connectivity index (χ0) is 15.3. The van der Waals surface area contributed by atoms with Crippen LogP contribution in [-0.4, -0.2) is 0 Å². The average Bonchev–Trinajstić information content (AvgIpc) is 3.16. The first-order valence-corrected chi connectivity index (χ1v) is 7.77. The molecule has 0 N–H and O–H groups in total. The zero-order valence-electron chi connectivity index (χ0n) is 12.9. The lowest BCUT2D eigenvalue weighted by atomic mass is 9.82. The molecule has 0 amide bonds. The SMILES string of the molecule is CCC1=C(C)C1(C#N)c1c2ccccc2cc2ccccc12. The Morgan fingerprint density at radius 1 is 0.955 bits per heavy atom. The molecule has 3 aromatic carbocycles. The topological polar surface area (TPSA) is 23.8 Å². The lowest BCUT2D eigenvalue weighted by molar-refractivity contribution is 0.906. The molecule has 0 heterocycles. The first kappa shape index (κ1) is 13.1. The molecule has 1 heteroatoms. The van der Waals surface area contributed by atoms with Gasteiger partial charge in [-0.25, -0.2) is 0 Å². The van der Waals surface area contributed by atoms with E-state index in [4.69, 9.17) is 0 Å². The van der Waals surface area contributed by atoms with Crippen molar-refractivity contribution >= 4 is 21.5 Å². The molecule has 0 bridgehead atoms. The van der Waals surface area contributed by atoms with Crippen LogP contribution in [0.5, 0.6) is 0 Å². The van der Waals surface area contributed by atoms with Crippen molar-refractivity contribution in [1.82, 2.24) is 0 Å². The van der Waals surface area contributed by atoms with Crippen LogP contribution in [0.1, 0.15) is 25.8 Å². The number of fused-ring (bicyclic) bond motifs is 2. The van der Waals surface area contributed by atoms with Gasteiger partial charge >= 0.3 is 0 Å². The Bertz CT molecular complexity index is 934. The number of allylic oxidation sites excluding steroid dienone is 2. The second-order valence-electron chi connectivity index (χ2n) is 6.01. The molecular weight excluding hydrogens is 266 g/mol. The Kier molecular flexibility index (Phi) is 2.65. The number of benzene rings is 3. The van der Waals surface area contributed by atoms with Crippen molar-refractivity contribution in [3.05, 3.63) is 71.3 Å². The highest BCUT2D eigenvalue weighted by Gasteiger charge is 2.52. The predicted octanol–water partition coefficient (Wildman–Crippen LogP) is 5.49. The molecule has 0 aliphatic heterocycles. The minimum absolute atomic E-state index is 0.491. The molecule has 1 aliphatic carbocycles. The second kappa shape index (κ2) is 4.45. The van der Waals surface area contributed by atoms with Crippen molar-refractivity contribution < 1.29 is 0 Å². The van der Waals surface area contributed by atoms with E-state index in [9.17, 15) is 5.26 Å². The molecular formula is C21H17N. The lowest BCUT2D eigenvalue weighted by Gasteiger charge is -2.18. The van der Waals surface area contributed by atoms with Crippen LogP contribution in [0.15, 0.2) is 65.7 Å². The fourth-order valence-corrected chi connectivity index (χ4v) is 3.96. The van der Waals surface area contributed by atoms with Gasteiger partial charge in [0.15, 0.2) is 0 Å². The number of nitriles is 1. The lowest BCUT2D eigenvalue weighted by Crippen LogP contribution is -2.12. The summed E-state index contributed by atoms with van der Waals surface area (Å²) in [4.78, 5) is 0. The number of nitrogens with zero attached hydrogens (tertiary/aromatic N) is 1. The van der Waals surface area contributed by atoms with Gasteiger partial charge in [-0.1, -0.05) is 55.5 Å². The molecule has 106 valence electrons. The van der Waals surface area contributed by atoms with Crippen molar-refractivity contribution in [2.45, 2.75) is 25.7 Å². The summed E-state index contributed by atoms with van der Waals surface area (Å²) < 4.78 is 0. The smallest absolute Gasteiger partial charge is 0.126 e. The molecule has 0 saturated heterocycles. The Labute approximate surface area is 130 Å².